The highest BCUT2D eigenvalue weighted by atomic mass is 19.4. The molecule has 0 saturated carbocycles. The monoisotopic (exact) mass is 362 g/mol. The molecule has 2 rings (SSSR count). The Morgan fingerprint density at radius 3 is 1.65 bits per heavy atom. The van der Waals surface area contributed by atoms with E-state index in [1.807, 2.05) is 39.0 Å². The van der Waals surface area contributed by atoms with Gasteiger partial charge in [-0.15, -0.1) is 0 Å². The predicted octanol–water partition coefficient (Wildman–Crippen LogP) is 7.09. The lowest BCUT2D eigenvalue weighted by Crippen LogP contribution is -2.22. The Kier molecular flexibility index (Phi) is 5.60. The van der Waals surface area contributed by atoms with E-state index >= 15 is 0 Å². The topological polar surface area (TPSA) is 0 Å². The summed E-state index contributed by atoms with van der Waals surface area (Å²) in [6.07, 6.45) is -3.00. The van der Waals surface area contributed by atoms with Gasteiger partial charge in [-0.3, -0.25) is 0 Å². The Hall–Kier alpha value is -1.77. The van der Waals surface area contributed by atoms with Crippen LogP contribution in [0, 0.1) is 0 Å². The molecule has 0 heterocycles. The second-order valence-electron chi connectivity index (χ2n) is 8.99. The standard InChI is InChI=1S/C23H29F3/c1-21(2,3)18-12-8-7-10-16(18)14-15-17-11-9-13-19(23(24,25)26)20(17)22(4,5)6/h7-13H,14-15H2,1-6H3. The van der Waals surface area contributed by atoms with E-state index in [0.29, 0.717) is 12.0 Å². The molecule has 2 aromatic carbocycles. The molecule has 3 heteroatoms. The zero-order valence-corrected chi connectivity index (χ0v) is 16.6. The highest BCUT2D eigenvalue weighted by molar-refractivity contribution is 5.43. The van der Waals surface area contributed by atoms with Crippen molar-refractivity contribution in [3.63, 3.8) is 0 Å². The summed E-state index contributed by atoms with van der Waals surface area (Å²) in [6.45, 7) is 12.0. The van der Waals surface area contributed by atoms with Gasteiger partial charge in [0.2, 0.25) is 0 Å². The summed E-state index contributed by atoms with van der Waals surface area (Å²) < 4.78 is 40.6. The molecule has 2 aromatic rings. The van der Waals surface area contributed by atoms with Crippen LogP contribution in [0.5, 0.6) is 0 Å². The second-order valence-corrected chi connectivity index (χ2v) is 8.99. The van der Waals surface area contributed by atoms with Crippen LogP contribution in [-0.4, -0.2) is 0 Å². The minimum atomic E-state index is -4.33. The van der Waals surface area contributed by atoms with Gasteiger partial charge in [-0.1, -0.05) is 77.9 Å². The van der Waals surface area contributed by atoms with Crippen LogP contribution in [0.2, 0.25) is 0 Å². The van der Waals surface area contributed by atoms with E-state index in [9.17, 15) is 13.2 Å². The van der Waals surface area contributed by atoms with Gasteiger partial charge in [-0.05, 0) is 52.0 Å². The molecule has 0 spiro atoms. The largest absolute Gasteiger partial charge is 0.416 e. The third-order valence-corrected chi connectivity index (χ3v) is 4.70. The maximum absolute atomic E-state index is 13.5. The molecule has 0 nitrogen and oxygen atoms in total. The first-order chi connectivity index (χ1) is 11.8. The van der Waals surface area contributed by atoms with Crippen molar-refractivity contribution in [2.24, 2.45) is 0 Å². The Morgan fingerprint density at radius 1 is 0.615 bits per heavy atom. The average molecular weight is 362 g/mol. The van der Waals surface area contributed by atoms with Gasteiger partial charge >= 0.3 is 6.18 Å². The first-order valence-electron chi connectivity index (χ1n) is 9.10. The number of halogens is 3. The fourth-order valence-corrected chi connectivity index (χ4v) is 3.67. The first-order valence-corrected chi connectivity index (χ1v) is 9.10. The fraction of sp³-hybridized carbons (Fsp3) is 0.478. The fourth-order valence-electron chi connectivity index (χ4n) is 3.67. The quantitative estimate of drug-likeness (QED) is 0.547. The van der Waals surface area contributed by atoms with Crippen LogP contribution in [0.25, 0.3) is 0 Å². The summed E-state index contributed by atoms with van der Waals surface area (Å²) in [5.41, 5.74) is 2.60. The Morgan fingerprint density at radius 2 is 1.12 bits per heavy atom. The third-order valence-electron chi connectivity index (χ3n) is 4.70. The average Bonchev–Trinajstić information content (AvgIpc) is 2.50. The first kappa shape index (κ1) is 20.5. The van der Waals surface area contributed by atoms with Crippen LogP contribution >= 0.6 is 0 Å². The van der Waals surface area contributed by atoms with Crippen LogP contribution in [0.4, 0.5) is 13.2 Å². The van der Waals surface area contributed by atoms with Gasteiger partial charge in [-0.2, -0.15) is 13.2 Å². The van der Waals surface area contributed by atoms with Gasteiger partial charge in [0, 0.05) is 0 Å². The number of aryl methyl sites for hydroxylation is 2. The van der Waals surface area contributed by atoms with Crippen LogP contribution in [0.15, 0.2) is 42.5 Å². The molecule has 0 fully saturated rings. The zero-order chi connectivity index (χ0) is 19.8. The molecular formula is C23H29F3. The molecule has 0 saturated heterocycles. The lowest BCUT2D eigenvalue weighted by Gasteiger charge is -2.28. The van der Waals surface area contributed by atoms with E-state index in [-0.39, 0.29) is 5.41 Å². The van der Waals surface area contributed by atoms with Crippen LogP contribution in [-0.2, 0) is 29.8 Å². The molecule has 142 valence electrons. The summed E-state index contributed by atoms with van der Waals surface area (Å²) >= 11 is 0. The van der Waals surface area contributed by atoms with Gasteiger partial charge < -0.3 is 0 Å². The normalized spacial score (nSPS) is 13.1. The number of hydrogen-bond acceptors (Lipinski definition) is 0. The smallest absolute Gasteiger partial charge is 0.166 e. The number of rotatable bonds is 3. The number of hydrogen-bond donors (Lipinski definition) is 0. The Bertz CT molecular complexity index is 756. The van der Waals surface area contributed by atoms with Gasteiger partial charge in [0.05, 0.1) is 5.56 Å². The summed E-state index contributed by atoms with van der Waals surface area (Å²) in [4.78, 5) is 0. The molecule has 0 bridgehead atoms. The van der Waals surface area contributed by atoms with E-state index in [2.05, 4.69) is 32.9 Å². The highest BCUT2D eigenvalue weighted by Gasteiger charge is 2.37. The predicted molar refractivity (Wildman–Crippen MR) is 103 cm³/mol. The van der Waals surface area contributed by atoms with E-state index in [1.165, 1.54) is 23.3 Å². The van der Waals surface area contributed by atoms with Crippen molar-refractivity contribution in [3.05, 3.63) is 70.3 Å². The Labute approximate surface area is 155 Å². The summed E-state index contributed by atoms with van der Waals surface area (Å²) in [7, 11) is 0. The maximum atomic E-state index is 13.5. The van der Waals surface area contributed by atoms with Crippen molar-refractivity contribution in [1.82, 2.24) is 0 Å². The van der Waals surface area contributed by atoms with Crippen molar-refractivity contribution in [3.8, 4) is 0 Å². The van der Waals surface area contributed by atoms with Gasteiger partial charge in [0.1, 0.15) is 0 Å². The summed E-state index contributed by atoms with van der Waals surface area (Å²) in [5.74, 6) is 0. The van der Waals surface area contributed by atoms with E-state index in [1.54, 1.807) is 0 Å². The molecule has 0 unspecified atom stereocenters. The SMILES string of the molecule is CC(C)(C)c1ccccc1CCc1cccc(C(F)(F)F)c1C(C)(C)C. The van der Waals surface area contributed by atoms with Crippen molar-refractivity contribution < 1.29 is 13.2 Å². The minimum Gasteiger partial charge on any atom is -0.166 e. The molecule has 0 amide bonds. The van der Waals surface area contributed by atoms with Gasteiger partial charge in [0.25, 0.3) is 0 Å². The van der Waals surface area contributed by atoms with Crippen LogP contribution < -0.4 is 0 Å². The molecule has 0 radical (unpaired) electrons. The van der Waals surface area contributed by atoms with Crippen LogP contribution in [0.1, 0.15) is 69.4 Å². The lowest BCUT2D eigenvalue weighted by molar-refractivity contribution is -0.138. The molecule has 0 aliphatic rings. The maximum Gasteiger partial charge on any atom is 0.416 e. The molecular weight excluding hydrogens is 333 g/mol. The summed E-state index contributed by atoms with van der Waals surface area (Å²) in [6, 6.07) is 12.8. The van der Waals surface area contributed by atoms with E-state index in [4.69, 9.17) is 0 Å². The molecule has 0 aliphatic heterocycles. The highest BCUT2D eigenvalue weighted by Crippen LogP contribution is 2.39. The molecule has 0 aliphatic carbocycles. The van der Waals surface area contributed by atoms with Crippen molar-refractivity contribution in [2.75, 3.05) is 0 Å². The Balaban J connectivity index is 2.44. The van der Waals surface area contributed by atoms with E-state index < -0.39 is 17.2 Å². The zero-order valence-electron chi connectivity index (χ0n) is 16.6. The molecule has 0 N–H and O–H groups in total. The van der Waals surface area contributed by atoms with Gasteiger partial charge in [-0.25, -0.2) is 0 Å². The summed E-state index contributed by atoms with van der Waals surface area (Å²) in [5, 5.41) is 0. The molecule has 0 aromatic heterocycles. The van der Waals surface area contributed by atoms with Gasteiger partial charge in [0.15, 0.2) is 0 Å². The lowest BCUT2D eigenvalue weighted by atomic mass is 9.78. The number of benzene rings is 2. The molecule has 0 atom stereocenters. The van der Waals surface area contributed by atoms with Crippen LogP contribution in [0.3, 0.4) is 0 Å². The number of alkyl halides is 3. The third kappa shape index (κ3) is 4.69. The van der Waals surface area contributed by atoms with E-state index in [0.717, 1.165) is 12.0 Å². The molecule has 26 heavy (non-hydrogen) atoms. The van der Waals surface area contributed by atoms with Crippen molar-refractivity contribution in [1.29, 1.82) is 0 Å². The second kappa shape index (κ2) is 7.09. The van der Waals surface area contributed by atoms with Crippen molar-refractivity contribution in [2.45, 2.75) is 71.4 Å². The van der Waals surface area contributed by atoms with Crippen molar-refractivity contribution >= 4 is 0 Å². The minimum absolute atomic E-state index is 0.0112.